The lowest BCUT2D eigenvalue weighted by atomic mass is 10.0. The summed E-state index contributed by atoms with van der Waals surface area (Å²) in [5, 5.41) is 3.45. The van der Waals surface area contributed by atoms with Crippen molar-refractivity contribution < 1.29 is 9.53 Å². The van der Waals surface area contributed by atoms with Crippen molar-refractivity contribution in [2.75, 3.05) is 13.2 Å². The monoisotopic (exact) mass is 317 g/mol. The fraction of sp³-hybridized carbons (Fsp3) is 0.278. The molecule has 0 heterocycles. The molecule has 1 amide bonds. The molecule has 3 nitrogen and oxygen atoms in total. The van der Waals surface area contributed by atoms with Crippen molar-refractivity contribution in [3.63, 3.8) is 0 Å². The minimum atomic E-state index is -0.127. The molecule has 2 aromatic carbocycles. The molecule has 0 aliphatic heterocycles. The maximum Gasteiger partial charge on any atom is 0.251 e. The lowest BCUT2D eigenvalue weighted by molar-refractivity contribution is 0.0947. The van der Waals surface area contributed by atoms with Gasteiger partial charge in [-0.25, -0.2) is 0 Å². The Hall–Kier alpha value is -2.00. The largest absolute Gasteiger partial charge is 0.491 e. The highest BCUT2D eigenvalue weighted by molar-refractivity contribution is 6.30. The zero-order valence-electron chi connectivity index (χ0n) is 12.8. The van der Waals surface area contributed by atoms with Gasteiger partial charge in [-0.2, -0.15) is 0 Å². The van der Waals surface area contributed by atoms with Gasteiger partial charge in [0.05, 0.1) is 6.54 Å². The van der Waals surface area contributed by atoms with Crippen molar-refractivity contribution in [2.45, 2.75) is 19.8 Å². The summed E-state index contributed by atoms with van der Waals surface area (Å²) < 4.78 is 5.77. The summed E-state index contributed by atoms with van der Waals surface area (Å²) in [6, 6.07) is 14.8. The minimum Gasteiger partial charge on any atom is -0.491 e. The molecule has 0 radical (unpaired) electrons. The van der Waals surface area contributed by atoms with Gasteiger partial charge in [-0.3, -0.25) is 4.79 Å². The van der Waals surface area contributed by atoms with E-state index in [4.69, 9.17) is 16.3 Å². The van der Waals surface area contributed by atoms with E-state index in [9.17, 15) is 4.79 Å². The third kappa shape index (κ3) is 4.50. The quantitative estimate of drug-likeness (QED) is 0.808. The topological polar surface area (TPSA) is 38.3 Å². The average Bonchev–Trinajstić information content (AvgIpc) is 2.52. The fourth-order valence-electron chi connectivity index (χ4n) is 2.12. The van der Waals surface area contributed by atoms with Crippen LogP contribution in [0.1, 0.15) is 35.7 Å². The van der Waals surface area contributed by atoms with E-state index < -0.39 is 0 Å². The van der Waals surface area contributed by atoms with Crippen LogP contribution in [0.15, 0.2) is 48.5 Å². The molecular weight excluding hydrogens is 298 g/mol. The van der Waals surface area contributed by atoms with Crippen molar-refractivity contribution in [3.05, 3.63) is 64.7 Å². The second kappa shape index (κ2) is 7.85. The van der Waals surface area contributed by atoms with Gasteiger partial charge in [0.25, 0.3) is 5.91 Å². The first-order valence-corrected chi connectivity index (χ1v) is 7.71. The number of carbonyl (C=O) groups excluding carboxylic acids is 1. The molecule has 0 fully saturated rings. The summed E-state index contributed by atoms with van der Waals surface area (Å²) in [6.07, 6.45) is 0. The first-order chi connectivity index (χ1) is 10.6. The Morgan fingerprint density at radius 3 is 2.50 bits per heavy atom. The molecule has 116 valence electrons. The smallest absolute Gasteiger partial charge is 0.251 e. The minimum absolute atomic E-state index is 0.127. The Balaban J connectivity index is 1.82. The molecule has 0 unspecified atom stereocenters. The number of ether oxygens (including phenoxy) is 1. The standard InChI is InChI=1S/C18H20ClNO2/c1-13(2)16-5-3-4-6-17(16)22-12-11-20-18(21)14-7-9-15(19)10-8-14/h3-10,13H,11-12H2,1-2H3,(H,20,21). The molecule has 0 aromatic heterocycles. The first-order valence-electron chi connectivity index (χ1n) is 7.33. The second-order valence-electron chi connectivity index (χ2n) is 5.30. The number of hydrogen-bond acceptors (Lipinski definition) is 2. The molecule has 2 rings (SSSR count). The summed E-state index contributed by atoms with van der Waals surface area (Å²) in [6.45, 7) is 5.14. The molecule has 4 heteroatoms. The Kier molecular flexibility index (Phi) is 5.84. The zero-order chi connectivity index (χ0) is 15.9. The molecule has 0 saturated carbocycles. The van der Waals surface area contributed by atoms with Gasteiger partial charge in [-0.1, -0.05) is 43.6 Å². The molecule has 0 spiro atoms. The van der Waals surface area contributed by atoms with Crippen LogP contribution in [-0.4, -0.2) is 19.1 Å². The molecule has 0 saturated heterocycles. The molecule has 0 aliphatic rings. The summed E-state index contributed by atoms with van der Waals surface area (Å²) >= 11 is 5.80. The lowest BCUT2D eigenvalue weighted by Gasteiger charge is -2.14. The van der Waals surface area contributed by atoms with Crippen molar-refractivity contribution in [2.24, 2.45) is 0 Å². The number of nitrogens with one attached hydrogen (secondary N) is 1. The van der Waals surface area contributed by atoms with Gasteiger partial charge in [-0.15, -0.1) is 0 Å². The summed E-state index contributed by atoms with van der Waals surface area (Å²) in [7, 11) is 0. The molecule has 2 aromatic rings. The van der Waals surface area contributed by atoms with E-state index in [1.807, 2.05) is 18.2 Å². The second-order valence-corrected chi connectivity index (χ2v) is 5.74. The normalized spacial score (nSPS) is 10.5. The predicted molar refractivity (Wildman–Crippen MR) is 89.8 cm³/mol. The van der Waals surface area contributed by atoms with Crippen molar-refractivity contribution >= 4 is 17.5 Å². The molecular formula is C18H20ClNO2. The van der Waals surface area contributed by atoms with E-state index in [1.54, 1.807) is 24.3 Å². The van der Waals surface area contributed by atoms with Crippen LogP contribution in [0.5, 0.6) is 5.75 Å². The van der Waals surface area contributed by atoms with Gasteiger partial charge in [0.2, 0.25) is 0 Å². The van der Waals surface area contributed by atoms with Crippen molar-refractivity contribution in [3.8, 4) is 5.75 Å². The van der Waals surface area contributed by atoms with Gasteiger partial charge in [0.1, 0.15) is 12.4 Å². The van der Waals surface area contributed by atoms with Gasteiger partial charge < -0.3 is 10.1 Å². The van der Waals surface area contributed by atoms with E-state index in [-0.39, 0.29) is 5.91 Å². The number of amides is 1. The van der Waals surface area contributed by atoms with Gasteiger partial charge in [-0.05, 0) is 41.8 Å². The van der Waals surface area contributed by atoms with Gasteiger partial charge in [0.15, 0.2) is 0 Å². The molecule has 0 atom stereocenters. The lowest BCUT2D eigenvalue weighted by Crippen LogP contribution is -2.28. The zero-order valence-corrected chi connectivity index (χ0v) is 13.6. The van der Waals surface area contributed by atoms with E-state index in [2.05, 4.69) is 25.2 Å². The molecule has 1 N–H and O–H groups in total. The Morgan fingerprint density at radius 1 is 1.14 bits per heavy atom. The van der Waals surface area contributed by atoms with Gasteiger partial charge >= 0.3 is 0 Å². The summed E-state index contributed by atoms with van der Waals surface area (Å²) in [4.78, 5) is 11.9. The van der Waals surface area contributed by atoms with Crippen molar-refractivity contribution in [1.82, 2.24) is 5.32 Å². The highest BCUT2D eigenvalue weighted by atomic mass is 35.5. The highest BCUT2D eigenvalue weighted by Gasteiger charge is 2.07. The predicted octanol–water partition coefficient (Wildman–Crippen LogP) is 4.27. The van der Waals surface area contributed by atoms with E-state index >= 15 is 0 Å². The Bertz CT molecular complexity index is 623. The summed E-state index contributed by atoms with van der Waals surface area (Å²) in [5.41, 5.74) is 1.76. The van der Waals surface area contributed by atoms with Crippen LogP contribution in [0.25, 0.3) is 0 Å². The number of halogens is 1. The van der Waals surface area contributed by atoms with Gasteiger partial charge in [0, 0.05) is 10.6 Å². The van der Waals surface area contributed by atoms with Crippen LogP contribution in [0.4, 0.5) is 0 Å². The maximum absolute atomic E-state index is 11.9. The molecule has 0 bridgehead atoms. The number of rotatable bonds is 6. The number of hydrogen-bond donors (Lipinski definition) is 1. The van der Waals surface area contributed by atoms with E-state index in [0.29, 0.717) is 29.7 Å². The SMILES string of the molecule is CC(C)c1ccccc1OCCNC(=O)c1ccc(Cl)cc1. The van der Waals surface area contributed by atoms with Crippen LogP contribution < -0.4 is 10.1 Å². The fourth-order valence-corrected chi connectivity index (χ4v) is 2.24. The molecule has 0 aliphatic carbocycles. The highest BCUT2D eigenvalue weighted by Crippen LogP contribution is 2.25. The average molecular weight is 318 g/mol. The third-order valence-electron chi connectivity index (χ3n) is 3.29. The Morgan fingerprint density at radius 2 is 1.82 bits per heavy atom. The van der Waals surface area contributed by atoms with E-state index in [1.165, 1.54) is 5.56 Å². The number of carbonyl (C=O) groups is 1. The first kappa shape index (κ1) is 16.4. The number of benzene rings is 2. The van der Waals surface area contributed by atoms with Crippen LogP contribution in [0.2, 0.25) is 5.02 Å². The van der Waals surface area contributed by atoms with Crippen LogP contribution in [0, 0.1) is 0 Å². The number of para-hydroxylation sites is 1. The summed E-state index contributed by atoms with van der Waals surface area (Å²) in [5.74, 6) is 1.15. The van der Waals surface area contributed by atoms with Crippen LogP contribution in [-0.2, 0) is 0 Å². The van der Waals surface area contributed by atoms with Crippen LogP contribution in [0.3, 0.4) is 0 Å². The van der Waals surface area contributed by atoms with Crippen LogP contribution >= 0.6 is 11.6 Å². The van der Waals surface area contributed by atoms with Crippen molar-refractivity contribution in [1.29, 1.82) is 0 Å². The third-order valence-corrected chi connectivity index (χ3v) is 3.54. The maximum atomic E-state index is 11.9. The van der Waals surface area contributed by atoms with E-state index in [0.717, 1.165) is 5.75 Å². The Labute approximate surface area is 136 Å². The molecule has 22 heavy (non-hydrogen) atoms.